The van der Waals surface area contributed by atoms with Crippen LogP contribution in [0.3, 0.4) is 0 Å². The summed E-state index contributed by atoms with van der Waals surface area (Å²) in [5.74, 6) is 0.0668. The van der Waals surface area contributed by atoms with Crippen molar-refractivity contribution in [3.63, 3.8) is 0 Å². The van der Waals surface area contributed by atoms with Crippen LogP contribution in [-0.2, 0) is 4.79 Å². The highest BCUT2D eigenvalue weighted by atomic mass is 35.5. The second-order valence-corrected chi connectivity index (χ2v) is 6.01. The average molecular weight is 310 g/mol. The topological polar surface area (TPSA) is 49.6 Å². The minimum Gasteiger partial charge on any atom is -0.339 e. The third kappa shape index (κ3) is 3.23. The first-order valence-corrected chi connectivity index (χ1v) is 7.48. The maximum Gasteiger partial charge on any atom is 0.244 e. The van der Waals surface area contributed by atoms with Crippen LogP contribution in [-0.4, -0.2) is 47.9 Å². The third-order valence-electron chi connectivity index (χ3n) is 4.88. The summed E-state index contributed by atoms with van der Waals surface area (Å²) in [4.78, 5) is 17.0. The Bertz CT molecular complexity index is 482. The van der Waals surface area contributed by atoms with E-state index in [2.05, 4.69) is 11.9 Å². The van der Waals surface area contributed by atoms with Gasteiger partial charge in [-0.05, 0) is 31.9 Å². The highest BCUT2D eigenvalue weighted by Crippen LogP contribution is 2.29. The second-order valence-electron chi connectivity index (χ2n) is 6.01. The summed E-state index contributed by atoms with van der Waals surface area (Å²) in [5.41, 5.74) is 7.05. The Hall–Kier alpha value is -1.10. The van der Waals surface area contributed by atoms with E-state index in [-0.39, 0.29) is 18.3 Å². The molecule has 2 N–H and O–H groups in total. The monoisotopic (exact) mass is 309 g/mol. The van der Waals surface area contributed by atoms with Gasteiger partial charge in [-0.3, -0.25) is 9.69 Å². The Balaban J connectivity index is 0.00000161. The van der Waals surface area contributed by atoms with Gasteiger partial charge in [0.2, 0.25) is 5.91 Å². The molecule has 2 aliphatic heterocycles. The summed E-state index contributed by atoms with van der Waals surface area (Å²) in [5, 5.41) is 0. The molecular formula is C16H24ClN3O. The number of benzene rings is 1. The van der Waals surface area contributed by atoms with Gasteiger partial charge in [0.1, 0.15) is 6.04 Å². The van der Waals surface area contributed by atoms with Crippen LogP contribution in [0.2, 0.25) is 0 Å². The van der Waals surface area contributed by atoms with Crippen molar-refractivity contribution in [2.45, 2.75) is 37.4 Å². The summed E-state index contributed by atoms with van der Waals surface area (Å²) >= 11 is 0. The van der Waals surface area contributed by atoms with E-state index in [1.807, 2.05) is 35.2 Å². The van der Waals surface area contributed by atoms with Gasteiger partial charge in [-0.25, -0.2) is 0 Å². The molecule has 2 heterocycles. The number of rotatable bonds is 2. The van der Waals surface area contributed by atoms with Crippen LogP contribution in [0.1, 0.15) is 30.9 Å². The zero-order valence-electron chi connectivity index (χ0n) is 12.4. The van der Waals surface area contributed by atoms with Gasteiger partial charge in [0.05, 0.1) is 0 Å². The van der Waals surface area contributed by atoms with Crippen LogP contribution in [0.25, 0.3) is 0 Å². The number of likely N-dealkylation sites (N-methyl/N-ethyl adjacent to an activating group) is 1. The van der Waals surface area contributed by atoms with E-state index < -0.39 is 6.04 Å². The smallest absolute Gasteiger partial charge is 0.244 e. The first-order valence-electron chi connectivity index (χ1n) is 7.48. The Labute approximate surface area is 132 Å². The van der Waals surface area contributed by atoms with Crippen molar-refractivity contribution in [3.8, 4) is 0 Å². The molecule has 1 aromatic carbocycles. The molecule has 2 saturated heterocycles. The first kappa shape index (κ1) is 16.3. The maximum absolute atomic E-state index is 12.6. The van der Waals surface area contributed by atoms with Crippen LogP contribution in [0.5, 0.6) is 0 Å². The van der Waals surface area contributed by atoms with Gasteiger partial charge in [-0.15, -0.1) is 12.4 Å². The minimum absolute atomic E-state index is 0. The zero-order valence-corrected chi connectivity index (χ0v) is 13.3. The van der Waals surface area contributed by atoms with Crippen LogP contribution < -0.4 is 5.73 Å². The van der Waals surface area contributed by atoms with Crippen molar-refractivity contribution in [2.75, 3.05) is 20.1 Å². The molecule has 116 valence electrons. The van der Waals surface area contributed by atoms with Crippen LogP contribution >= 0.6 is 12.4 Å². The largest absolute Gasteiger partial charge is 0.339 e. The number of carbonyl (C=O) groups is 1. The molecule has 0 aliphatic carbocycles. The number of nitrogens with zero attached hydrogens (tertiary/aromatic N) is 2. The van der Waals surface area contributed by atoms with Gasteiger partial charge < -0.3 is 10.6 Å². The van der Waals surface area contributed by atoms with Gasteiger partial charge in [0, 0.05) is 25.2 Å². The molecule has 0 radical (unpaired) electrons. The molecule has 5 heteroatoms. The molecule has 2 aliphatic rings. The number of amides is 1. The number of nitrogens with two attached hydrogens (primary N) is 1. The molecular weight excluding hydrogens is 286 g/mol. The van der Waals surface area contributed by atoms with Crippen molar-refractivity contribution >= 4 is 18.3 Å². The Morgan fingerprint density at radius 1 is 1.19 bits per heavy atom. The van der Waals surface area contributed by atoms with E-state index >= 15 is 0 Å². The standard InChI is InChI=1S/C16H23N3O.ClH/c1-18-13-7-8-14(18)11-19(10-9-13)16(20)15(17)12-5-3-2-4-6-12;/h2-6,13-15H,7-11,17H2,1H3;1H. The fraction of sp³-hybridized carbons (Fsp3) is 0.562. The normalized spacial score (nSPS) is 26.9. The zero-order chi connectivity index (χ0) is 14.1. The molecule has 0 spiro atoms. The summed E-state index contributed by atoms with van der Waals surface area (Å²) in [6, 6.07) is 10.3. The fourth-order valence-corrected chi connectivity index (χ4v) is 3.51. The minimum atomic E-state index is -0.530. The average Bonchev–Trinajstić information content (AvgIpc) is 2.72. The molecule has 21 heavy (non-hydrogen) atoms. The van der Waals surface area contributed by atoms with E-state index in [1.165, 1.54) is 12.8 Å². The van der Waals surface area contributed by atoms with Crippen LogP contribution in [0.4, 0.5) is 0 Å². The van der Waals surface area contributed by atoms with E-state index in [9.17, 15) is 4.79 Å². The summed E-state index contributed by atoms with van der Waals surface area (Å²) in [6.45, 7) is 1.66. The molecule has 3 atom stereocenters. The van der Waals surface area contributed by atoms with Crippen molar-refractivity contribution in [3.05, 3.63) is 35.9 Å². The van der Waals surface area contributed by atoms with Crippen molar-refractivity contribution < 1.29 is 4.79 Å². The molecule has 0 saturated carbocycles. The highest BCUT2D eigenvalue weighted by molar-refractivity contribution is 5.85. The molecule has 1 amide bonds. The molecule has 1 aromatic rings. The van der Waals surface area contributed by atoms with Gasteiger partial charge in [0.25, 0.3) is 0 Å². The molecule has 0 aromatic heterocycles. The Morgan fingerprint density at radius 3 is 2.57 bits per heavy atom. The molecule has 2 bridgehead atoms. The number of fused-ring (bicyclic) bond motifs is 2. The third-order valence-corrected chi connectivity index (χ3v) is 4.88. The lowest BCUT2D eigenvalue weighted by atomic mass is 10.0. The van der Waals surface area contributed by atoms with Gasteiger partial charge in [-0.1, -0.05) is 30.3 Å². The van der Waals surface area contributed by atoms with Gasteiger partial charge >= 0.3 is 0 Å². The molecule has 2 fully saturated rings. The number of carbonyl (C=O) groups excluding carboxylic acids is 1. The number of hydrogen-bond acceptors (Lipinski definition) is 3. The Kier molecular flexibility index (Phi) is 5.25. The lowest BCUT2D eigenvalue weighted by molar-refractivity contribution is -0.133. The summed E-state index contributed by atoms with van der Waals surface area (Å²) < 4.78 is 0. The lowest BCUT2D eigenvalue weighted by Crippen LogP contribution is -2.43. The van der Waals surface area contributed by atoms with Crippen molar-refractivity contribution in [1.82, 2.24) is 9.80 Å². The second kappa shape index (κ2) is 6.77. The SMILES string of the molecule is CN1C2CCC1CN(C(=O)C(N)c1ccccc1)CC2.Cl. The lowest BCUT2D eigenvalue weighted by Gasteiger charge is -2.28. The van der Waals surface area contributed by atoms with Crippen LogP contribution in [0.15, 0.2) is 30.3 Å². The fourth-order valence-electron chi connectivity index (χ4n) is 3.51. The Morgan fingerprint density at radius 2 is 1.86 bits per heavy atom. The number of halogens is 1. The van der Waals surface area contributed by atoms with E-state index in [4.69, 9.17) is 5.73 Å². The van der Waals surface area contributed by atoms with E-state index in [1.54, 1.807) is 0 Å². The number of hydrogen-bond donors (Lipinski definition) is 1. The van der Waals surface area contributed by atoms with Gasteiger partial charge in [-0.2, -0.15) is 0 Å². The molecule has 3 rings (SSSR count). The van der Waals surface area contributed by atoms with E-state index in [0.29, 0.717) is 12.1 Å². The number of likely N-dealkylation sites (tertiary alicyclic amines) is 1. The van der Waals surface area contributed by atoms with Gasteiger partial charge in [0.15, 0.2) is 0 Å². The van der Waals surface area contributed by atoms with E-state index in [0.717, 1.165) is 25.1 Å². The highest BCUT2D eigenvalue weighted by Gasteiger charge is 2.37. The van der Waals surface area contributed by atoms with Crippen molar-refractivity contribution in [1.29, 1.82) is 0 Å². The van der Waals surface area contributed by atoms with Crippen molar-refractivity contribution in [2.24, 2.45) is 5.73 Å². The first-order chi connectivity index (χ1) is 9.66. The summed E-state index contributed by atoms with van der Waals surface area (Å²) in [6.07, 6.45) is 3.54. The molecule has 4 nitrogen and oxygen atoms in total. The molecule has 3 unspecified atom stereocenters. The predicted octanol–water partition coefficient (Wildman–Crippen LogP) is 1.80. The summed E-state index contributed by atoms with van der Waals surface area (Å²) in [7, 11) is 2.19. The predicted molar refractivity (Wildman–Crippen MR) is 86.4 cm³/mol. The maximum atomic E-state index is 12.6. The van der Waals surface area contributed by atoms with Crippen LogP contribution in [0, 0.1) is 0 Å². The quantitative estimate of drug-likeness (QED) is 0.906.